The quantitative estimate of drug-likeness (QED) is 0.557. The summed E-state index contributed by atoms with van der Waals surface area (Å²) in [6, 6.07) is -0.107. The molecule has 0 aliphatic heterocycles. The van der Waals surface area contributed by atoms with Crippen molar-refractivity contribution in [2.75, 3.05) is 0 Å². The van der Waals surface area contributed by atoms with E-state index in [1.165, 1.54) is 0 Å². The number of nitrogens with two attached hydrogens (primary N) is 1. The molecule has 11 heavy (non-hydrogen) atoms. The lowest BCUT2D eigenvalue weighted by molar-refractivity contribution is -0.122. The molecular weight excluding hydrogens is 140 g/mol. The highest BCUT2D eigenvalue weighted by atomic mass is 16.2. The standard InChI is InChI=1S/C8H14N2O/c1-6(9)8(11)10-7-4-2-3-5-7/h2-3,6-7H,4-5,9H2,1H3,(H,10,11)/t6-/m1/s1. The highest BCUT2D eigenvalue weighted by Gasteiger charge is 2.14. The normalized spacial score (nSPS) is 20.2. The van der Waals surface area contributed by atoms with Crippen LogP contribution in [0.5, 0.6) is 0 Å². The van der Waals surface area contributed by atoms with E-state index in [9.17, 15) is 4.79 Å². The Kier molecular flexibility index (Phi) is 2.65. The van der Waals surface area contributed by atoms with Crippen molar-refractivity contribution in [3.8, 4) is 0 Å². The van der Waals surface area contributed by atoms with Gasteiger partial charge in [-0.25, -0.2) is 0 Å². The summed E-state index contributed by atoms with van der Waals surface area (Å²) in [6.45, 7) is 1.69. The van der Waals surface area contributed by atoms with Crippen LogP contribution >= 0.6 is 0 Å². The summed E-state index contributed by atoms with van der Waals surface area (Å²) >= 11 is 0. The van der Waals surface area contributed by atoms with Crippen LogP contribution in [0.3, 0.4) is 0 Å². The number of amides is 1. The van der Waals surface area contributed by atoms with Crippen LogP contribution in [0.2, 0.25) is 0 Å². The molecule has 0 spiro atoms. The second kappa shape index (κ2) is 3.53. The fourth-order valence-electron chi connectivity index (χ4n) is 1.07. The third-order valence-electron chi connectivity index (χ3n) is 1.77. The number of carbonyl (C=O) groups excluding carboxylic acids is 1. The minimum absolute atomic E-state index is 0.0568. The van der Waals surface area contributed by atoms with Crippen molar-refractivity contribution in [2.45, 2.75) is 31.8 Å². The third kappa shape index (κ3) is 2.35. The van der Waals surface area contributed by atoms with Crippen LogP contribution in [0.1, 0.15) is 19.8 Å². The van der Waals surface area contributed by atoms with Gasteiger partial charge in [-0.05, 0) is 19.8 Å². The SMILES string of the molecule is C[C@@H](N)C(=O)NC1CC=CC1. The van der Waals surface area contributed by atoms with E-state index in [1.54, 1.807) is 6.92 Å². The van der Waals surface area contributed by atoms with Crippen LogP contribution in [0.25, 0.3) is 0 Å². The lowest BCUT2D eigenvalue weighted by atomic mass is 10.2. The van der Waals surface area contributed by atoms with Gasteiger partial charge in [-0.15, -0.1) is 0 Å². The average Bonchev–Trinajstić information content (AvgIpc) is 2.39. The monoisotopic (exact) mass is 154 g/mol. The van der Waals surface area contributed by atoms with Gasteiger partial charge >= 0.3 is 0 Å². The molecule has 3 N–H and O–H groups in total. The zero-order valence-corrected chi connectivity index (χ0v) is 6.71. The summed E-state index contributed by atoms with van der Waals surface area (Å²) in [6.07, 6.45) is 6.04. The number of nitrogens with one attached hydrogen (secondary N) is 1. The predicted molar refractivity (Wildman–Crippen MR) is 44.0 cm³/mol. The average molecular weight is 154 g/mol. The molecule has 0 aromatic heterocycles. The summed E-state index contributed by atoms with van der Waals surface area (Å²) in [7, 11) is 0. The maximum Gasteiger partial charge on any atom is 0.236 e. The fourth-order valence-corrected chi connectivity index (χ4v) is 1.07. The van der Waals surface area contributed by atoms with Gasteiger partial charge in [-0.1, -0.05) is 12.2 Å². The molecule has 0 bridgehead atoms. The molecule has 0 fully saturated rings. The molecular formula is C8H14N2O. The lowest BCUT2D eigenvalue weighted by Gasteiger charge is -2.13. The number of hydrogen-bond acceptors (Lipinski definition) is 2. The Morgan fingerprint density at radius 2 is 2.18 bits per heavy atom. The van der Waals surface area contributed by atoms with E-state index >= 15 is 0 Å². The van der Waals surface area contributed by atoms with Crippen LogP contribution in [0, 0.1) is 0 Å². The number of carbonyl (C=O) groups is 1. The summed E-state index contributed by atoms with van der Waals surface area (Å²) in [5.74, 6) is -0.0568. The zero-order chi connectivity index (χ0) is 8.27. The van der Waals surface area contributed by atoms with Crippen molar-refractivity contribution in [2.24, 2.45) is 5.73 Å². The van der Waals surface area contributed by atoms with Crippen LogP contribution in [-0.2, 0) is 4.79 Å². The van der Waals surface area contributed by atoms with Gasteiger partial charge in [-0.2, -0.15) is 0 Å². The molecule has 1 aliphatic rings. The maximum atomic E-state index is 11.0. The largest absolute Gasteiger partial charge is 0.351 e. The molecule has 1 amide bonds. The van der Waals surface area contributed by atoms with Crippen molar-refractivity contribution in [3.63, 3.8) is 0 Å². The number of hydrogen-bond donors (Lipinski definition) is 2. The summed E-state index contributed by atoms with van der Waals surface area (Å²) in [4.78, 5) is 11.0. The molecule has 1 aliphatic carbocycles. The predicted octanol–water partition coefficient (Wildman–Crippen LogP) is 0.168. The second-order valence-corrected chi connectivity index (χ2v) is 2.94. The van der Waals surface area contributed by atoms with E-state index < -0.39 is 6.04 Å². The molecule has 0 saturated carbocycles. The molecule has 1 atom stereocenters. The van der Waals surface area contributed by atoms with Crippen LogP contribution < -0.4 is 11.1 Å². The first-order valence-corrected chi connectivity index (χ1v) is 3.91. The summed E-state index contributed by atoms with van der Waals surface area (Å²) in [5, 5.41) is 2.85. The van der Waals surface area contributed by atoms with Crippen LogP contribution in [0.4, 0.5) is 0 Å². The first-order chi connectivity index (χ1) is 5.20. The molecule has 62 valence electrons. The van der Waals surface area contributed by atoms with Crippen molar-refractivity contribution < 1.29 is 4.79 Å². The Balaban J connectivity index is 2.25. The van der Waals surface area contributed by atoms with Crippen LogP contribution in [0.15, 0.2) is 12.2 Å². The Morgan fingerprint density at radius 1 is 1.64 bits per heavy atom. The van der Waals surface area contributed by atoms with Crippen molar-refractivity contribution in [1.82, 2.24) is 5.32 Å². The summed E-state index contributed by atoms with van der Waals surface area (Å²) in [5.41, 5.74) is 5.38. The van der Waals surface area contributed by atoms with Gasteiger partial charge < -0.3 is 11.1 Å². The summed E-state index contributed by atoms with van der Waals surface area (Å²) < 4.78 is 0. The van der Waals surface area contributed by atoms with E-state index in [4.69, 9.17) is 5.73 Å². The molecule has 1 rings (SSSR count). The Labute approximate surface area is 66.6 Å². The van der Waals surface area contributed by atoms with Gasteiger partial charge in [0.25, 0.3) is 0 Å². The molecule has 0 saturated heterocycles. The van der Waals surface area contributed by atoms with Crippen molar-refractivity contribution >= 4 is 5.91 Å². The van der Waals surface area contributed by atoms with E-state index in [0.29, 0.717) is 0 Å². The molecule has 0 unspecified atom stereocenters. The van der Waals surface area contributed by atoms with E-state index in [-0.39, 0.29) is 11.9 Å². The molecule has 0 aromatic carbocycles. The van der Waals surface area contributed by atoms with E-state index in [2.05, 4.69) is 17.5 Å². The number of rotatable bonds is 2. The van der Waals surface area contributed by atoms with Gasteiger partial charge in [0.2, 0.25) is 5.91 Å². The zero-order valence-electron chi connectivity index (χ0n) is 6.71. The molecule has 3 heteroatoms. The van der Waals surface area contributed by atoms with Crippen molar-refractivity contribution in [1.29, 1.82) is 0 Å². The molecule has 3 nitrogen and oxygen atoms in total. The lowest BCUT2D eigenvalue weighted by Crippen LogP contribution is -2.42. The van der Waals surface area contributed by atoms with Gasteiger partial charge in [0.15, 0.2) is 0 Å². The molecule has 0 radical (unpaired) electrons. The highest BCUT2D eigenvalue weighted by molar-refractivity contribution is 5.81. The van der Waals surface area contributed by atoms with Crippen LogP contribution in [-0.4, -0.2) is 18.0 Å². The van der Waals surface area contributed by atoms with Crippen molar-refractivity contribution in [3.05, 3.63) is 12.2 Å². The Morgan fingerprint density at radius 3 is 2.64 bits per heavy atom. The molecule has 0 heterocycles. The van der Waals surface area contributed by atoms with E-state index in [1.807, 2.05) is 0 Å². The molecule has 0 aromatic rings. The first kappa shape index (κ1) is 8.27. The third-order valence-corrected chi connectivity index (χ3v) is 1.77. The first-order valence-electron chi connectivity index (χ1n) is 3.91. The fraction of sp³-hybridized carbons (Fsp3) is 0.625. The van der Waals surface area contributed by atoms with Gasteiger partial charge in [0, 0.05) is 6.04 Å². The Bertz CT molecular complexity index is 167. The maximum absolute atomic E-state index is 11.0. The van der Waals surface area contributed by atoms with Gasteiger partial charge in [0.05, 0.1) is 6.04 Å². The Hall–Kier alpha value is -0.830. The minimum Gasteiger partial charge on any atom is -0.351 e. The second-order valence-electron chi connectivity index (χ2n) is 2.94. The topological polar surface area (TPSA) is 55.1 Å². The minimum atomic E-state index is -0.393. The van der Waals surface area contributed by atoms with Gasteiger partial charge in [-0.3, -0.25) is 4.79 Å². The van der Waals surface area contributed by atoms with E-state index in [0.717, 1.165) is 12.8 Å². The smallest absolute Gasteiger partial charge is 0.236 e. The highest BCUT2D eigenvalue weighted by Crippen LogP contribution is 2.08. The van der Waals surface area contributed by atoms with Gasteiger partial charge in [0.1, 0.15) is 0 Å².